The van der Waals surface area contributed by atoms with Crippen molar-refractivity contribution in [2.75, 3.05) is 7.11 Å². The maximum Gasteiger partial charge on any atom is 0.270 e. The summed E-state index contributed by atoms with van der Waals surface area (Å²) in [5.41, 5.74) is 3.77. The summed E-state index contributed by atoms with van der Waals surface area (Å²) in [6.45, 7) is 5.79. The number of hydrogen-bond donors (Lipinski definition) is 1. The molecule has 2 aromatic carbocycles. The highest BCUT2D eigenvalue weighted by Crippen LogP contribution is 2.26. The molecule has 8 heteroatoms. The molecule has 8 nitrogen and oxygen atoms in total. The Labute approximate surface area is 168 Å². The maximum atomic E-state index is 12.8. The molecule has 0 saturated carbocycles. The van der Waals surface area contributed by atoms with Gasteiger partial charge in [-0.05, 0) is 39.0 Å². The number of carbonyl (C=O) groups excluding carboxylic acids is 1. The van der Waals surface area contributed by atoms with E-state index in [1.165, 1.54) is 25.3 Å². The fourth-order valence-electron chi connectivity index (χ4n) is 3.13. The zero-order valence-electron chi connectivity index (χ0n) is 16.7. The molecule has 0 aliphatic heterocycles. The van der Waals surface area contributed by atoms with E-state index in [-0.39, 0.29) is 23.0 Å². The quantitative estimate of drug-likeness (QED) is 0.505. The third-order valence-corrected chi connectivity index (χ3v) is 4.78. The first kappa shape index (κ1) is 20.1. The molecule has 1 unspecified atom stereocenters. The van der Waals surface area contributed by atoms with Crippen LogP contribution in [-0.2, 0) is 0 Å². The molecule has 3 rings (SSSR count). The average Bonchev–Trinajstić information content (AvgIpc) is 3.09. The Bertz CT molecular complexity index is 1060. The van der Waals surface area contributed by atoms with E-state index in [1.54, 1.807) is 6.20 Å². The maximum absolute atomic E-state index is 12.8. The van der Waals surface area contributed by atoms with Gasteiger partial charge in [0, 0.05) is 23.4 Å². The number of hydrogen-bond acceptors (Lipinski definition) is 5. The second-order valence-corrected chi connectivity index (χ2v) is 6.77. The lowest BCUT2D eigenvalue weighted by atomic mass is 10.1. The van der Waals surface area contributed by atoms with Crippen molar-refractivity contribution in [1.29, 1.82) is 0 Å². The van der Waals surface area contributed by atoms with E-state index in [0.29, 0.717) is 0 Å². The lowest BCUT2D eigenvalue weighted by Crippen LogP contribution is -2.27. The van der Waals surface area contributed by atoms with Crippen LogP contribution in [0.1, 0.15) is 40.1 Å². The highest BCUT2D eigenvalue weighted by Gasteiger charge is 2.21. The van der Waals surface area contributed by atoms with Crippen molar-refractivity contribution in [2.24, 2.45) is 0 Å². The number of nitro groups is 1. The van der Waals surface area contributed by atoms with Gasteiger partial charge in [-0.15, -0.1) is 0 Å². The lowest BCUT2D eigenvalue weighted by molar-refractivity contribution is -0.384. The van der Waals surface area contributed by atoms with Gasteiger partial charge in [-0.25, -0.2) is 4.68 Å². The Morgan fingerprint density at radius 1 is 1.21 bits per heavy atom. The molecule has 1 N–H and O–H groups in total. The van der Waals surface area contributed by atoms with Gasteiger partial charge in [-0.3, -0.25) is 14.9 Å². The number of aromatic nitrogens is 2. The minimum absolute atomic E-state index is 0.108. The predicted molar refractivity (Wildman–Crippen MR) is 109 cm³/mol. The number of non-ortho nitro benzene ring substituents is 1. The molecule has 1 heterocycles. The number of ether oxygens (including phenoxy) is 1. The van der Waals surface area contributed by atoms with Crippen molar-refractivity contribution in [3.05, 3.63) is 81.2 Å². The molecule has 0 aliphatic carbocycles. The molecule has 1 aromatic heterocycles. The van der Waals surface area contributed by atoms with Gasteiger partial charge in [0.25, 0.3) is 11.6 Å². The molecular formula is C21H22N4O4. The number of aryl methyl sites for hydroxylation is 1. The highest BCUT2D eigenvalue weighted by molar-refractivity contribution is 5.97. The van der Waals surface area contributed by atoms with Gasteiger partial charge in [0.05, 0.1) is 35.5 Å². The standard InChI is InChI=1S/C21H22N4O4/c1-13-5-7-16(8-6-13)24-15(3)19(12-22-24)14(2)23-21(26)18-11-17(25(27)28)9-10-20(18)29-4/h5-12,14H,1-4H3,(H,23,26). The minimum Gasteiger partial charge on any atom is -0.496 e. The van der Waals surface area contributed by atoms with Gasteiger partial charge >= 0.3 is 0 Å². The van der Waals surface area contributed by atoms with E-state index >= 15 is 0 Å². The molecular weight excluding hydrogens is 372 g/mol. The van der Waals surface area contributed by atoms with E-state index in [0.717, 1.165) is 22.5 Å². The number of nitrogens with zero attached hydrogens (tertiary/aromatic N) is 3. The van der Waals surface area contributed by atoms with Crippen LogP contribution in [0.25, 0.3) is 5.69 Å². The fourth-order valence-corrected chi connectivity index (χ4v) is 3.13. The fraction of sp³-hybridized carbons (Fsp3) is 0.238. The average molecular weight is 394 g/mol. The Hall–Kier alpha value is -3.68. The summed E-state index contributed by atoms with van der Waals surface area (Å²) in [6, 6.07) is 11.6. The molecule has 0 radical (unpaired) electrons. The van der Waals surface area contributed by atoms with Gasteiger partial charge in [0.1, 0.15) is 5.75 Å². The van der Waals surface area contributed by atoms with E-state index in [9.17, 15) is 14.9 Å². The summed E-state index contributed by atoms with van der Waals surface area (Å²) < 4.78 is 6.99. The van der Waals surface area contributed by atoms with E-state index < -0.39 is 10.8 Å². The third-order valence-electron chi connectivity index (χ3n) is 4.78. The molecule has 3 aromatic rings. The number of benzene rings is 2. The minimum atomic E-state index is -0.546. The van der Waals surface area contributed by atoms with Crippen LogP contribution in [0.15, 0.2) is 48.7 Å². The molecule has 29 heavy (non-hydrogen) atoms. The summed E-state index contributed by atoms with van der Waals surface area (Å²) in [4.78, 5) is 23.3. The molecule has 0 saturated heterocycles. The SMILES string of the molecule is COc1ccc([N+](=O)[O-])cc1C(=O)NC(C)c1cnn(-c2ccc(C)cc2)c1C. The van der Waals surface area contributed by atoms with Crippen LogP contribution in [-0.4, -0.2) is 27.7 Å². The molecule has 150 valence electrons. The summed E-state index contributed by atoms with van der Waals surface area (Å²) in [7, 11) is 1.41. The monoisotopic (exact) mass is 394 g/mol. The van der Waals surface area contributed by atoms with Gasteiger partial charge < -0.3 is 10.1 Å². The highest BCUT2D eigenvalue weighted by atomic mass is 16.6. The first-order valence-electron chi connectivity index (χ1n) is 9.06. The zero-order chi connectivity index (χ0) is 21.1. The van der Waals surface area contributed by atoms with Crippen LogP contribution in [0.3, 0.4) is 0 Å². The molecule has 0 fully saturated rings. The van der Waals surface area contributed by atoms with Gasteiger partial charge in [-0.1, -0.05) is 17.7 Å². The first-order valence-corrected chi connectivity index (χ1v) is 9.06. The molecule has 0 bridgehead atoms. The van der Waals surface area contributed by atoms with Gasteiger partial charge in [0.2, 0.25) is 0 Å². The number of rotatable bonds is 6. The Morgan fingerprint density at radius 3 is 2.52 bits per heavy atom. The molecule has 1 atom stereocenters. The zero-order valence-corrected chi connectivity index (χ0v) is 16.7. The second-order valence-electron chi connectivity index (χ2n) is 6.77. The molecule has 0 aliphatic rings. The van der Waals surface area contributed by atoms with Crippen LogP contribution in [0.5, 0.6) is 5.75 Å². The van der Waals surface area contributed by atoms with Crippen LogP contribution in [0, 0.1) is 24.0 Å². The van der Waals surface area contributed by atoms with E-state index in [4.69, 9.17) is 4.74 Å². The Kier molecular flexibility index (Phi) is 5.63. The smallest absolute Gasteiger partial charge is 0.270 e. The summed E-state index contributed by atoms with van der Waals surface area (Å²) in [5.74, 6) is -0.187. The van der Waals surface area contributed by atoms with Crippen molar-refractivity contribution < 1.29 is 14.5 Å². The second kappa shape index (κ2) is 8.14. The van der Waals surface area contributed by atoms with Crippen molar-refractivity contribution >= 4 is 11.6 Å². The van der Waals surface area contributed by atoms with Gasteiger partial charge in [-0.2, -0.15) is 5.10 Å². The van der Waals surface area contributed by atoms with Crippen molar-refractivity contribution in [1.82, 2.24) is 15.1 Å². The Balaban J connectivity index is 1.85. The first-order chi connectivity index (χ1) is 13.8. The predicted octanol–water partition coefficient (Wildman–Crippen LogP) is 3.90. The van der Waals surface area contributed by atoms with Crippen molar-refractivity contribution in [2.45, 2.75) is 26.8 Å². The number of amides is 1. The van der Waals surface area contributed by atoms with Crippen molar-refractivity contribution in [3.8, 4) is 11.4 Å². The lowest BCUT2D eigenvalue weighted by Gasteiger charge is -2.15. The number of nitrogens with one attached hydrogen (secondary N) is 1. The van der Waals surface area contributed by atoms with Crippen LogP contribution < -0.4 is 10.1 Å². The van der Waals surface area contributed by atoms with Crippen LogP contribution in [0.2, 0.25) is 0 Å². The topological polar surface area (TPSA) is 99.3 Å². The Morgan fingerprint density at radius 2 is 1.90 bits per heavy atom. The number of methoxy groups -OCH3 is 1. The normalized spacial score (nSPS) is 11.7. The summed E-state index contributed by atoms with van der Waals surface area (Å²) in [5, 5.41) is 18.4. The van der Waals surface area contributed by atoms with E-state index in [1.807, 2.05) is 49.7 Å². The largest absolute Gasteiger partial charge is 0.496 e. The van der Waals surface area contributed by atoms with E-state index in [2.05, 4.69) is 10.4 Å². The van der Waals surface area contributed by atoms with Crippen molar-refractivity contribution in [3.63, 3.8) is 0 Å². The number of carbonyl (C=O) groups is 1. The van der Waals surface area contributed by atoms with Gasteiger partial charge in [0.15, 0.2) is 0 Å². The number of nitro benzene ring substituents is 1. The molecule has 1 amide bonds. The van der Waals surface area contributed by atoms with Crippen LogP contribution >= 0.6 is 0 Å². The summed E-state index contributed by atoms with van der Waals surface area (Å²) in [6.07, 6.45) is 1.71. The summed E-state index contributed by atoms with van der Waals surface area (Å²) >= 11 is 0. The molecule has 0 spiro atoms. The third kappa shape index (κ3) is 4.11. The van der Waals surface area contributed by atoms with Crippen LogP contribution in [0.4, 0.5) is 5.69 Å².